The van der Waals surface area contributed by atoms with Crippen LogP contribution < -0.4 is 5.32 Å². The maximum absolute atomic E-state index is 13.2. The molecular formula is C17H18FN5O2. The van der Waals surface area contributed by atoms with Crippen molar-refractivity contribution in [2.24, 2.45) is 5.92 Å². The summed E-state index contributed by atoms with van der Waals surface area (Å²) in [5.41, 5.74) is 0.992. The topological polar surface area (TPSA) is 95.8 Å². The molecule has 0 radical (unpaired) electrons. The zero-order chi connectivity index (χ0) is 17.4. The number of nitrogens with one attached hydrogen (secondary N) is 2. The zero-order valence-corrected chi connectivity index (χ0v) is 13.4. The lowest BCUT2D eigenvalue weighted by atomic mass is 10.1. The molecule has 7 nitrogen and oxygen atoms in total. The number of imidazole rings is 2. The Morgan fingerprint density at radius 3 is 3.12 bits per heavy atom. The van der Waals surface area contributed by atoms with Crippen molar-refractivity contribution in [3.05, 3.63) is 48.6 Å². The molecule has 1 amide bonds. The van der Waals surface area contributed by atoms with Crippen LogP contribution in [0.4, 0.5) is 4.39 Å². The lowest BCUT2D eigenvalue weighted by molar-refractivity contribution is 0.0864. The second-order valence-electron chi connectivity index (χ2n) is 6.49. The van der Waals surface area contributed by atoms with Crippen LogP contribution >= 0.6 is 0 Å². The molecular weight excluding hydrogens is 325 g/mol. The van der Waals surface area contributed by atoms with E-state index in [9.17, 15) is 14.3 Å². The van der Waals surface area contributed by atoms with E-state index >= 15 is 0 Å². The van der Waals surface area contributed by atoms with Crippen LogP contribution in [0.15, 0.2) is 36.9 Å². The Balaban J connectivity index is 1.42. The van der Waals surface area contributed by atoms with Gasteiger partial charge < -0.3 is 20.0 Å². The first-order valence-corrected chi connectivity index (χ1v) is 8.18. The van der Waals surface area contributed by atoms with Crippen LogP contribution in [0.1, 0.15) is 23.5 Å². The van der Waals surface area contributed by atoms with Crippen LogP contribution in [0.5, 0.6) is 0 Å². The van der Waals surface area contributed by atoms with Crippen LogP contribution in [0.25, 0.3) is 11.0 Å². The molecule has 1 aromatic carbocycles. The number of rotatable bonds is 4. The van der Waals surface area contributed by atoms with Crippen LogP contribution in [0, 0.1) is 11.7 Å². The van der Waals surface area contributed by atoms with Gasteiger partial charge in [0, 0.05) is 18.9 Å². The summed E-state index contributed by atoms with van der Waals surface area (Å²) in [6, 6.07) is 3.78. The minimum atomic E-state index is -0.598. The van der Waals surface area contributed by atoms with Crippen LogP contribution in [-0.4, -0.2) is 42.7 Å². The standard InChI is InChI=1S/C17H18FN5O2/c18-11-1-2-12-13(7-11)21-16(20-12)17(25)22-14-5-10(6-15(14)24)8-23-4-3-19-9-23/h1-4,7,9-10,14-15,24H,5-6,8H2,(H,20,21)(H,22,25)/t10?,14-,15-/m1/s1. The molecule has 1 aliphatic carbocycles. The van der Waals surface area contributed by atoms with E-state index < -0.39 is 17.8 Å². The molecule has 0 aliphatic heterocycles. The Labute approximate surface area is 142 Å². The van der Waals surface area contributed by atoms with E-state index in [1.54, 1.807) is 12.5 Å². The average Bonchev–Trinajstić information content (AvgIpc) is 3.28. The van der Waals surface area contributed by atoms with E-state index in [2.05, 4.69) is 20.3 Å². The Morgan fingerprint density at radius 1 is 1.44 bits per heavy atom. The van der Waals surface area contributed by atoms with Gasteiger partial charge in [0.25, 0.3) is 5.91 Å². The van der Waals surface area contributed by atoms with Gasteiger partial charge >= 0.3 is 0 Å². The van der Waals surface area contributed by atoms with Crippen molar-refractivity contribution in [3.8, 4) is 0 Å². The first-order valence-electron chi connectivity index (χ1n) is 8.18. The SMILES string of the molecule is O=C(N[C@@H]1CC(Cn2ccnc2)C[C@H]1O)c1nc2ccc(F)cc2[nH]1. The Bertz CT molecular complexity index is 892. The van der Waals surface area contributed by atoms with Gasteiger partial charge in [0.15, 0.2) is 5.82 Å². The summed E-state index contributed by atoms with van der Waals surface area (Å²) in [5, 5.41) is 13.1. The summed E-state index contributed by atoms with van der Waals surface area (Å²) in [7, 11) is 0. The van der Waals surface area contributed by atoms with Gasteiger partial charge in [0.05, 0.1) is 29.5 Å². The molecule has 8 heteroatoms. The van der Waals surface area contributed by atoms with Crippen molar-refractivity contribution in [1.82, 2.24) is 24.8 Å². The lowest BCUT2D eigenvalue weighted by Gasteiger charge is -2.15. The van der Waals surface area contributed by atoms with Gasteiger partial charge in [-0.2, -0.15) is 0 Å². The summed E-state index contributed by atoms with van der Waals surface area (Å²) >= 11 is 0. The van der Waals surface area contributed by atoms with Gasteiger partial charge in [0.1, 0.15) is 5.82 Å². The molecule has 1 aliphatic rings. The maximum Gasteiger partial charge on any atom is 0.287 e. The molecule has 130 valence electrons. The highest BCUT2D eigenvalue weighted by molar-refractivity contribution is 5.94. The van der Waals surface area contributed by atoms with Gasteiger partial charge in [-0.15, -0.1) is 0 Å². The Kier molecular flexibility index (Phi) is 3.96. The minimum absolute atomic E-state index is 0.117. The van der Waals surface area contributed by atoms with Gasteiger partial charge in [0.2, 0.25) is 0 Å². The lowest BCUT2D eigenvalue weighted by Crippen LogP contribution is -2.40. The molecule has 1 saturated carbocycles. The van der Waals surface area contributed by atoms with E-state index in [1.165, 1.54) is 18.2 Å². The highest BCUT2D eigenvalue weighted by Crippen LogP contribution is 2.27. The van der Waals surface area contributed by atoms with E-state index in [0.29, 0.717) is 23.9 Å². The number of carbonyl (C=O) groups is 1. The number of hydrogen-bond donors (Lipinski definition) is 3. The third kappa shape index (κ3) is 3.25. The van der Waals surface area contributed by atoms with E-state index in [-0.39, 0.29) is 17.8 Å². The number of aliphatic hydroxyl groups is 1. The van der Waals surface area contributed by atoms with E-state index in [4.69, 9.17) is 0 Å². The van der Waals surface area contributed by atoms with Gasteiger partial charge in [-0.3, -0.25) is 4.79 Å². The number of aromatic amines is 1. The highest BCUT2D eigenvalue weighted by Gasteiger charge is 2.34. The number of hydrogen-bond acceptors (Lipinski definition) is 4. The molecule has 0 spiro atoms. The van der Waals surface area contributed by atoms with E-state index in [1.807, 2.05) is 10.8 Å². The molecule has 0 saturated heterocycles. The second kappa shape index (κ2) is 6.29. The molecule has 2 heterocycles. The largest absolute Gasteiger partial charge is 0.391 e. The molecule has 2 aromatic heterocycles. The summed E-state index contributed by atoms with van der Waals surface area (Å²) in [5.74, 6) is -0.411. The molecule has 3 atom stereocenters. The van der Waals surface area contributed by atoms with Crippen molar-refractivity contribution < 1.29 is 14.3 Å². The van der Waals surface area contributed by atoms with Gasteiger partial charge in [-0.1, -0.05) is 0 Å². The molecule has 1 fully saturated rings. The molecule has 3 aromatic rings. The maximum atomic E-state index is 13.2. The van der Waals surface area contributed by atoms with Crippen LogP contribution in [0.2, 0.25) is 0 Å². The first kappa shape index (κ1) is 15.8. The fourth-order valence-electron chi connectivity index (χ4n) is 3.44. The predicted molar refractivity (Wildman–Crippen MR) is 88.3 cm³/mol. The second-order valence-corrected chi connectivity index (χ2v) is 6.49. The highest BCUT2D eigenvalue weighted by atomic mass is 19.1. The predicted octanol–water partition coefficient (Wildman–Crippen LogP) is 1.47. The number of halogens is 1. The number of aromatic nitrogens is 4. The number of nitrogens with zero attached hydrogens (tertiary/aromatic N) is 3. The molecule has 0 bridgehead atoms. The van der Waals surface area contributed by atoms with E-state index in [0.717, 1.165) is 6.54 Å². The van der Waals surface area contributed by atoms with Crippen molar-refractivity contribution >= 4 is 16.9 Å². The summed E-state index contributed by atoms with van der Waals surface area (Å²) in [4.78, 5) is 23.4. The number of fused-ring (bicyclic) bond motifs is 1. The van der Waals surface area contributed by atoms with Crippen LogP contribution in [-0.2, 0) is 6.54 Å². The van der Waals surface area contributed by atoms with Crippen molar-refractivity contribution in [2.75, 3.05) is 0 Å². The number of benzene rings is 1. The smallest absolute Gasteiger partial charge is 0.287 e. The third-order valence-electron chi connectivity index (χ3n) is 4.63. The van der Waals surface area contributed by atoms with Crippen molar-refractivity contribution in [1.29, 1.82) is 0 Å². The minimum Gasteiger partial charge on any atom is -0.391 e. The fourth-order valence-corrected chi connectivity index (χ4v) is 3.44. The Hall–Kier alpha value is -2.74. The average molecular weight is 343 g/mol. The number of carbonyl (C=O) groups excluding carboxylic acids is 1. The van der Waals surface area contributed by atoms with Gasteiger partial charge in [-0.05, 0) is 37.0 Å². The third-order valence-corrected chi connectivity index (χ3v) is 4.63. The zero-order valence-electron chi connectivity index (χ0n) is 13.4. The monoisotopic (exact) mass is 343 g/mol. The summed E-state index contributed by atoms with van der Waals surface area (Å²) in [6.07, 6.45) is 6.04. The van der Waals surface area contributed by atoms with Crippen LogP contribution in [0.3, 0.4) is 0 Å². The quantitative estimate of drug-likeness (QED) is 0.668. The summed E-state index contributed by atoms with van der Waals surface area (Å²) < 4.78 is 15.2. The van der Waals surface area contributed by atoms with Crippen molar-refractivity contribution in [3.63, 3.8) is 0 Å². The number of H-pyrrole nitrogens is 1. The normalized spacial score (nSPS) is 23.2. The van der Waals surface area contributed by atoms with Crippen molar-refractivity contribution in [2.45, 2.75) is 31.5 Å². The first-order chi connectivity index (χ1) is 12.1. The molecule has 1 unspecified atom stereocenters. The molecule has 4 rings (SSSR count). The summed E-state index contributed by atoms with van der Waals surface area (Å²) in [6.45, 7) is 0.757. The molecule has 3 N–H and O–H groups in total. The number of aliphatic hydroxyl groups excluding tert-OH is 1. The van der Waals surface area contributed by atoms with Gasteiger partial charge in [-0.25, -0.2) is 14.4 Å². The Morgan fingerprint density at radius 2 is 2.32 bits per heavy atom. The number of amides is 1. The molecule has 25 heavy (non-hydrogen) atoms. The fraction of sp³-hybridized carbons (Fsp3) is 0.353.